The molecule has 1 aromatic heterocycles. The van der Waals surface area contributed by atoms with Crippen LogP contribution in [0.5, 0.6) is 11.6 Å². The first kappa shape index (κ1) is 18.6. The highest BCUT2D eigenvalue weighted by Crippen LogP contribution is 2.34. The van der Waals surface area contributed by atoms with Crippen LogP contribution in [0.3, 0.4) is 0 Å². The van der Waals surface area contributed by atoms with Crippen molar-refractivity contribution >= 4 is 23.1 Å². The highest BCUT2D eigenvalue weighted by atomic mass is 35.5. The minimum absolute atomic E-state index is 0.117. The maximum Gasteiger partial charge on any atom is 0.373 e. The average Bonchev–Trinajstić information content (AvgIpc) is 2.65. The van der Waals surface area contributed by atoms with Crippen molar-refractivity contribution in [1.82, 2.24) is 9.97 Å². The SMILES string of the molecule is Cc1cc(Oc2ncnc(NCCc3ccccc3)c2[N+](=O)[O-])ccc1Cl. The lowest BCUT2D eigenvalue weighted by molar-refractivity contribution is -0.385. The molecule has 0 aliphatic carbocycles. The van der Waals surface area contributed by atoms with Crippen LogP contribution in [0.15, 0.2) is 54.9 Å². The lowest BCUT2D eigenvalue weighted by Crippen LogP contribution is -2.10. The van der Waals surface area contributed by atoms with Crippen LogP contribution < -0.4 is 10.1 Å². The van der Waals surface area contributed by atoms with Crippen LogP contribution in [-0.2, 0) is 6.42 Å². The van der Waals surface area contributed by atoms with Crippen molar-refractivity contribution in [2.24, 2.45) is 0 Å². The van der Waals surface area contributed by atoms with Gasteiger partial charge in [-0.25, -0.2) is 4.98 Å². The largest absolute Gasteiger partial charge is 0.434 e. The van der Waals surface area contributed by atoms with Crippen LogP contribution in [0.25, 0.3) is 0 Å². The van der Waals surface area contributed by atoms with Crippen molar-refractivity contribution in [3.05, 3.63) is 81.1 Å². The Balaban J connectivity index is 1.79. The summed E-state index contributed by atoms with van der Waals surface area (Å²) in [5, 5.41) is 15.2. The second-order valence-corrected chi connectivity index (χ2v) is 6.22. The molecule has 0 aliphatic heterocycles. The number of hydrogen-bond acceptors (Lipinski definition) is 6. The predicted molar refractivity (Wildman–Crippen MR) is 104 cm³/mol. The molecule has 0 atom stereocenters. The van der Waals surface area contributed by atoms with Gasteiger partial charge in [0.2, 0.25) is 5.82 Å². The number of rotatable bonds is 7. The summed E-state index contributed by atoms with van der Waals surface area (Å²) in [6.07, 6.45) is 1.94. The predicted octanol–water partition coefficient (Wildman–Crippen LogP) is 4.79. The van der Waals surface area contributed by atoms with Crippen LogP contribution >= 0.6 is 11.6 Å². The molecule has 0 radical (unpaired) electrons. The quantitative estimate of drug-likeness (QED) is 0.465. The molecule has 138 valence electrons. The van der Waals surface area contributed by atoms with E-state index in [4.69, 9.17) is 16.3 Å². The highest BCUT2D eigenvalue weighted by molar-refractivity contribution is 6.31. The third-order valence-electron chi connectivity index (χ3n) is 3.86. The molecule has 27 heavy (non-hydrogen) atoms. The van der Waals surface area contributed by atoms with Crippen molar-refractivity contribution in [3.63, 3.8) is 0 Å². The van der Waals surface area contributed by atoms with E-state index in [1.165, 1.54) is 6.33 Å². The fourth-order valence-electron chi connectivity index (χ4n) is 2.49. The van der Waals surface area contributed by atoms with Gasteiger partial charge in [-0.05, 0) is 42.7 Å². The Morgan fingerprint density at radius 1 is 1.19 bits per heavy atom. The first-order valence-corrected chi connectivity index (χ1v) is 8.63. The van der Waals surface area contributed by atoms with Crippen molar-refractivity contribution in [2.45, 2.75) is 13.3 Å². The van der Waals surface area contributed by atoms with Crippen molar-refractivity contribution < 1.29 is 9.66 Å². The molecule has 0 amide bonds. The summed E-state index contributed by atoms with van der Waals surface area (Å²) in [7, 11) is 0. The highest BCUT2D eigenvalue weighted by Gasteiger charge is 2.25. The maximum atomic E-state index is 11.6. The molecule has 0 saturated heterocycles. The summed E-state index contributed by atoms with van der Waals surface area (Å²) in [5.41, 5.74) is 1.61. The molecule has 3 aromatic rings. The molecule has 2 aromatic carbocycles. The van der Waals surface area contributed by atoms with Gasteiger partial charge in [0.1, 0.15) is 12.1 Å². The Labute approximate surface area is 161 Å². The first-order valence-electron chi connectivity index (χ1n) is 8.26. The summed E-state index contributed by atoms with van der Waals surface area (Å²) < 4.78 is 5.62. The summed E-state index contributed by atoms with van der Waals surface area (Å²) in [6, 6.07) is 14.8. The molecule has 0 fully saturated rings. The smallest absolute Gasteiger partial charge is 0.373 e. The molecule has 8 heteroatoms. The molecule has 0 bridgehead atoms. The Morgan fingerprint density at radius 3 is 2.67 bits per heavy atom. The number of aromatic nitrogens is 2. The van der Waals surface area contributed by atoms with Gasteiger partial charge in [0.15, 0.2) is 0 Å². The number of nitrogens with one attached hydrogen (secondary N) is 1. The average molecular weight is 385 g/mol. The van der Waals surface area contributed by atoms with Crippen LogP contribution in [0.4, 0.5) is 11.5 Å². The number of benzene rings is 2. The van der Waals surface area contributed by atoms with Gasteiger partial charge in [-0.2, -0.15) is 4.98 Å². The molecular weight excluding hydrogens is 368 g/mol. The van der Waals surface area contributed by atoms with Gasteiger partial charge < -0.3 is 10.1 Å². The molecule has 7 nitrogen and oxygen atoms in total. The maximum absolute atomic E-state index is 11.6. The zero-order valence-electron chi connectivity index (χ0n) is 14.6. The van der Waals surface area contributed by atoms with E-state index >= 15 is 0 Å². The fourth-order valence-corrected chi connectivity index (χ4v) is 2.61. The number of ether oxygens (including phenoxy) is 1. The summed E-state index contributed by atoms with van der Waals surface area (Å²) in [4.78, 5) is 18.9. The molecular formula is C19H17ClN4O3. The Hall–Kier alpha value is -3.19. The minimum Gasteiger partial charge on any atom is -0.434 e. The van der Waals surface area contributed by atoms with E-state index in [9.17, 15) is 10.1 Å². The van der Waals surface area contributed by atoms with E-state index < -0.39 is 4.92 Å². The lowest BCUT2D eigenvalue weighted by Gasteiger charge is -2.10. The first-order chi connectivity index (χ1) is 13.0. The molecule has 1 heterocycles. The third kappa shape index (κ3) is 4.71. The third-order valence-corrected chi connectivity index (χ3v) is 4.29. The fraction of sp³-hybridized carbons (Fsp3) is 0.158. The van der Waals surface area contributed by atoms with Gasteiger partial charge >= 0.3 is 11.6 Å². The molecule has 0 unspecified atom stereocenters. The van der Waals surface area contributed by atoms with E-state index in [1.54, 1.807) is 18.2 Å². The molecule has 0 spiro atoms. The normalized spacial score (nSPS) is 10.4. The number of halogens is 1. The van der Waals surface area contributed by atoms with Crippen LogP contribution in [-0.4, -0.2) is 21.4 Å². The van der Waals surface area contributed by atoms with Gasteiger partial charge in [0.05, 0.1) is 4.92 Å². The zero-order chi connectivity index (χ0) is 19.2. The molecule has 1 N–H and O–H groups in total. The van der Waals surface area contributed by atoms with Crippen LogP contribution in [0.1, 0.15) is 11.1 Å². The van der Waals surface area contributed by atoms with E-state index in [-0.39, 0.29) is 17.4 Å². The summed E-state index contributed by atoms with van der Waals surface area (Å²) in [6.45, 7) is 2.31. The molecule has 3 rings (SSSR count). The Bertz CT molecular complexity index is 951. The van der Waals surface area contributed by atoms with E-state index in [0.29, 0.717) is 23.7 Å². The summed E-state index contributed by atoms with van der Waals surface area (Å²) >= 11 is 6.00. The number of nitro groups is 1. The molecule has 0 saturated carbocycles. The summed E-state index contributed by atoms with van der Waals surface area (Å²) in [5.74, 6) is 0.402. The van der Waals surface area contributed by atoms with E-state index in [2.05, 4.69) is 15.3 Å². The van der Waals surface area contributed by atoms with Crippen molar-refractivity contribution in [1.29, 1.82) is 0 Å². The van der Waals surface area contributed by atoms with Crippen LogP contribution in [0, 0.1) is 17.0 Å². The van der Waals surface area contributed by atoms with Gasteiger partial charge in [-0.15, -0.1) is 0 Å². The van der Waals surface area contributed by atoms with Gasteiger partial charge in [0.25, 0.3) is 0 Å². The second-order valence-electron chi connectivity index (χ2n) is 5.81. The Kier molecular flexibility index (Phi) is 5.83. The van der Waals surface area contributed by atoms with Crippen molar-refractivity contribution in [3.8, 4) is 11.6 Å². The van der Waals surface area contributed by atoms with Gasteiger partial charge in [-0.3, -0.25) is 10.1 Å². The standard InChI is InChI=1S/C19H17ClN4O3/c1-13-11-15(7-8-16(13)20)27-19-17(24(25)26)18(22-12-23-19)21-10-9-14-5-3-2-4-6-14/h2-8,11-12H,9-10H2,1H3,(H,21,22,23). The molecule has 0 aliphatic rings. The Morgan fingerprint density at radius 2 is 1.96 bits per heavy atom. The topological polar surface area (TPSA) is 90.2 Å². The minimum atomic E-state index is -0.553. The monoisotopic (exact) mass is 384 g/mol. The van der Waals surface area contributed by atoms with Gasteiger partial charge in [0, 0.05) is 11.6 Å². The number of anilines is 1. The lowest BCUT2D eigenvalue weighted by atomic mass is 10.1. The second kappa shape index (κ2) is 8.46. The van der Waals surface area contributed by atoms with Gasteiger partial charge in [-0.1, -0.05) is 41.9 Å². The number of nitrogens with zero attached hydrogens (tertiary/aromatic N) is 3. The number of hydrogen-bond donors (Lipinski definition) is 1. The van der Waals surface area contributed by atoms with E-state index in [0.717, 1.165) is 11.1 Å². The van der Waals surface area contributed by atoms with Crippen LogP contribution in [0.2, 0.25) is 5.02 Å². The van der Waals surface area contributed by atoms with Crippen molar-refractivity contribution in [2.75, 3.05) is 11.9 Å². The number of aryl methyl sites for hydroxylation is 1. The zero-order valence-corrected chi connectivity index (χ0v) is 15.3. The van der Waals surface area contributed by atoms with E-state index in [1.807, 2.05) is 37.3 Å².